The average Bonchev–Trinajstić information content (AvgIpc) is 3.34. The molecule has 0 fully saturated rings. The average molecular weight is 551 g/mol. The summed E-state index contributed by atoms with van der Waals surface area (Å²) in [5.74, 6) is -1.27. The number of aromatic nitrogens is 4. The van der Waals surface area contributed by atoms with Crippen molar-refractivity contribution in [3.8, 4) is 11.4 Å². The molecule has 7 nitrogen and oxygen atoms in total. The third-order valence-corrected chi connectivity index (χ3v) is 6.53. The van der Waals surface area contributed by atoms with E-state index in [1.165, 1.54) is 6.20 Å². The maximum atomic E-state index is 14.8. The molecule has 0 aliphatic carbocycles. The Morgan fingerprint density at radius 3 is 2.48 bits per heavy atom. The molecule has 2 aromatic heterocycles. The van der Waals surface area contributed by atoms with Gasteiger partial charge in [-0.05, 0) is 47.7 Å². The van der Waals surface area contributed by atoms with Gasteiger partial charge in [-0.1, -0.05) is 51.1 Å². The summed E-state index contributed by atoms with van der Waals surface area (Å²) in [4.78, 5) is 24.3. The van der Waals surface area contributed by atoms with Crippen molar-refractivity contribution < 1.29 is 18.0 Å². The molecule has 10 heteroatoms. The summed E-state index contributed by atoms with van der Waals surface area (Å²) < 4.78 is 43.9. The van der Waals surface area contributed by atoms with Crippen LogP contribution in [0.25, 0.3) is 11.4 Å². The fourth-order valence-corrected chi connectivity index (χ4v) is 4.59. The molecule has 40 heavy (non-hydrogen) atoms. The molecule has 0 aliphatic heterocycles. The Hall–Kier alpha value is -4.05. The maximum Gasteiger partial charge on any atom is 0.256 e. The zero-order valence-corrected chi connectivity index (χ0v) is 22.8. The minimum absolute atomic E-state index is 0.00795. The Morgan fingerprint density at radius 1 is 1.07 bits per heavy atom. The third-order valence-electron chi connectivity index (χ3n) is 6.53. The topological polar surface area (TPSA) is 89.9 Å². The van der Waals surface area contributed by atoms with Crippen LogP contribution in [0.15, 0.2) is 73.1 Å². The summed E-state index contributed by atoms with van der Waals surface area (Å²) in [5.41, 5.74) is 6.45. The second-order valence-electron chi connectivity index (χ2n) is 10.8. The molecule has 4 aromatic rings. The summed E-state index contributed by atoms with van der Waals surface area (Å²) in [6, 6.07) is 14.4. The highest BCUT2D eigenvalue weighted by molar-refractivity contribution is 5.94. The first-order valence-electron chi connectivity index (χ1n) is 13.0. The van der Waals surface area contributed by atoms with E-state index in [1.54, 1.807) is 27.9 Å². The predicted octanol–water partition coefficient (Wildman–Crippen LogP) is 5.58. The zero-order valence-electron chi connectivity index (χ0n) is 22.8. The number of rotatable bonds is 10. The Labute approximate surface area is 231 Å². The van der Waals surface area contributed by atoms with Crippen LogP contribution in [-0.4, -0.2) is 49.8 Å². The molecular weight excluding hydrogens is 517 g/mol. The van der Waals surface area contributed by atoms with Crippen molar-refractivity contribution in [1.29, 1.82) is 0 Å². The van der Waals surface area contributed by atoms with Crippen LogP contribution < -0.4 is 5.73 Å². The molecule has 0 bridgehead atoms. The van der Waals surface area contributed by atoms with Gasteiger partial charge in [0, 0.05) is 25.0 Å². The highest BCUT2D eigenvalue weighted by atomic mass is 19.1. The largest absolute Gasteiger partial charge is 0.328 e. The SMILES string of the molecule is CC(C)(C)[C@H](c1nc(-c2cc(F)ccc2F)nn1Cc1ccccc1)N(CC[C@@H](N)CF)C(=O)c1cccnc1. The predicted molar refractivity (Wildman–Crippen MR) is 147 cm³/mol. The standard InChI is InChI=1S/C30H33F3N6O/c1-30(2,3)26(38(15-13-23(34)17-31)29(40)21-10-7-14-35-18-21)28-36-27(24-16-22(32)11-12-25(24)33)37-39(28)19-20-8-5-4-6-9-20/h4-12,14,16,18,23,26H,13,15,17,19,34H2,1-3H3/t23-,26+/m1/s1. The maximum absolute atomic E-state index is 14.8. The van der Waals surface area contributed by atoms with Crippen LogP contribution >= 0.6 is 0 Å². The van der Waals surface area contributed by atoms with E-state index in [2.05, 4.69) is 10.1 Å². The molecule has 2 aromatic carbocycles. The fraction of sp³-hybridized carbons (Fsp3) is 0.333. The van der Waals surface area contributed by atoms with Crippen LogP contribution in [0, 0.1) is 17.0 Å². The van der Waals surface area contributed by atoms with Gasteiger partial charge in [-0.15, -0.1) is 0 Å². The number of halogens is 3. The van der Waals surface area contributed by atoms with E-state index in [4.69, 9.17) is 10.7 Å². The molecule has 2 heterocycles. The van der Waals surface area contributed by atoms with E-state index in [-0.39, 0.29) is 36.8 Å². The first-order valence-corrected chi connectivity index (χ1v) is 13.0. The molecule has 0 saturated heterocycles. The highest BCUT2D eigenvalue weighted by Crippen LogP contribution is 2.39. The second-order valence-corrected chi connectivity index (χ2v) is 10.8. The van der Waals surface area contributed by atoms with E-state index >= 15 is 0 Å². The Bertz CT molecular complexity index is 1420. The van der Waals surface area contributed by atoms with Crippen LogP contribution in [0.3, 0.4) is 0 Å². The molecule has 1 amide bonds. The Kier molecular flexibility index (Phi) is 8.99. The summed E-state index contributed by atoms with van der Waals surface area (Å²) in [5, 5.41) is 4.60. The molecule has 0 unspecified atom stereocenters. The van der Waals surface area contributed by atoms with Crippen LogP contribution in [0.5, 0.6) is 0 Å². The number of carbonyl (C=O) groups is 1. The van der Waals surface area contributed by atoms with Gasteiger partial charge in [0.15, 0.2) is 11.6 Å². The molecule has 0 spiro atoms. The first kappa shape index (κ1) is 28.9. The van der Waals surface area contributed by atoms with Gasteiger partial charge >= 0.3 is 0 Å². The van der Waals surface area contributed by atoms with Gasteiger partial charge in [-0.2, -0.15) is 5.10 Å². The van der Waals surface area contributed by atoms with Gasteiger partial charge < -0.3 is 10.6 Å². The van der Waals surface area contributed by atoms with Crippen molar-refractivity contribution in [2.24, 2.45) is 11.1 Å². The molecule has 0 aliphatic rings. The lowest BCUT2D eigenvalue weighted by Gasteiger charge is -2.40. The van der Waals surface area contributed by atoms with Crippen LogP contribution in [0.4, 0.5) is 13.2 Å². The van der Waals surface area contributed by atoms with E-state index < -0.39 is 35.8 Å². The van der Waals surface area contributed by atoms with E-state index in [9.17, 15) is 18.0 Å². The van der Waals surface area contributed by atoms with Gasteiger partial charge in [0.1, 0.15) is 18.3 Å². The highest BCUT2D eigenvalue weighted by Gasteiger charge is 2.39. The van der Waals surface area contributed by atoms with Crippen LogP contribution in [-0.2, 0) is 6.54 Å². The number of alkyl halides is 1. The van der Waals surface area contributed by atoms with E-state index in [0.717, 1.165) is 23.8 Å². The number of amides is 1. The normalized spacial score (nSPS) is 13.2. The number of nitrogens with zero attached hydrogens (tertiary/aromatic N) is 5. The number of carbonyl (C=O) groups excluding carboxylic acids is 1. The lowest BCUT2D eigenvalue weighted by molar-refractivity contribution is 0.0469. The van der Waals surface area contributed by atoms with Crippen molar-refractivity contribution in [3.05, 3.63) is 102 Å². The second kappa shape index (κ2) is 12.4. The Morgan fingerprint density at radius 2 is 1.82 bits per heavy atom. The molecular formula is C30H33F3N6O. The minimum atomic E-state index is -0.760. The van der Waals surface area contributed by atoms with E-state index in [0.29, 0.717) is 11.4 Å². The molecule has 0 radical (unpaired) electrons. The van der Waals surface area contributed by atoms with Crippen LogP contribution in [0.1, 0.15) is 55.0 Å². The van der Waals surface area contributed by atoms with Gasteiger partial charge in [-0.25, -0.2) is 22.8 Å². The smallest absolute Gasteiger partial charge is 0.256 e. The number of benzene rings is 2. The van der Waals surface area contributed by atoms with Crippen molar-refractivity contribution in [1.82, 2.24) is 24.6 Å². The lowest BCUT2D eigenvalue weighted by atomic mass is 9.84. The zero-order chi connectivity index (χ0) is 28.9. The molecule has 210 valence electrons. The number of hydrogen-bond acceptors (Lipinski definition) is 5. The lowest BCUT2D eigenvalue weighted by Crippen LogP contribution is -2.44. The van der Waals surface area contributed by atoms with Gasteiger partial charge in [-0.3, -0.25) is 9.78 Å². The molecule has 4 rings (SSSR count). The number of pyridine rings is 1. The van der Waals surface area contributed by atoms with Crippen molar-refractivity contribution in [3.63, 3.8) is 0 Å². The summed E-state index contributed by atoms with van der Waals surface area (Å²) >= 11 is 0. The summed E-state index contributed by atoms with van der Waals surface area (Å²) in [6.45, 7) is 5.50. The monoisotopic (exact) mass is 550 g/mol. The number of nitrogens with two attached hydrogens (primary N) is 1. The summed E-state index contributed by atoms with van der Waals surface area (Å²) in [6.07, 6.45) is 3.23. The minimum Gasteiger partial charge on any atom is -0.328 e. The molecule has 0 saturated carbocycles. The number of hydrogen-bond donors (Lipinski definition) is 1. The van der Waals surface area contributed by atoms with Crippen molar-refractivity contribution in [2.45, 2.75) is 45.8 Å². The molecule has 2 atom stereocenters. The quantitative estimate of drug-likeness (QED) is 0.278. The third kappa shape index (κ3) is 6.74. The molecule has 2 N–H and O–H groups in total. The fourth-order valence-electron chi connectivity index (χ4n) is 4.59. The summed E-state index contributed by atoms with van der Waals surface area (Å²) in [7, 11) is 0. The van der Waals surface area contributed by atoms with Crippen molar-refractivity contribution >= 4 is 5.91 Å². The van der Waals surface area contributed by atoms with Crippen molar-refractivity contribution in [2.75, 3.05) is 13.2 Å². The first-order chi connectivity index (χ1) is 19.1. The Balaban J connectivity index is 1.90. The van der Waals surface area contributed by atoms with Gasteiger partial charge in [0.25, 0.3) is 5.91 Å². The van der Waals surface area contributed by atoms with Gasteiger partial charge in [0.2, 0.25) is 0 Å². The van der Waals surface area contributed by atoms with Crippen LogP contribution in [0.2, 0.25) is 0 Å². The van der Waals surface area contributed by atoms with E-state index in [1.807, 2.05) is 51.1 Å². The van der Waals surface area contributed by atoms with Gasteiger partial charge in [0.05, 0.1) is 23.7 Å².